The van der Waals surface area contributed by atoms with E-state index in [9.17, 15) is 24.3 Å². The summed E-state index contributed by atoms with van der Waals surface area (Å²) in [6.07, 6.45) is 4.04. The summed E-state index contributed by atoms with van der Waals surface area (Å²) >= 11 is 0. The Labute approximate surface area is 239 Å². The second-order valence-corrected chi connectivity index (χ2v) is 9.11. The van der Waals surface area contributed by atoms with Crippen LogP contribution in [0.15, 0.2) is 48.5 Å². The number of benzene rings is 2. The molecule has 2 N–H and O–H groups in total. The molecule has 0 saturated carbocycles. The van der Waals surface area contributed by atoms with Crippen molar-refractivity contribution >= 4 is 23.9 Å². The van der Waals surface area contributed by atoms with Crippen molar-refractivity contribution in [1.29, 1.82) is 0 Å². The summed E-state index contributed by atoms with van der Waals surface area (Å²) in [6, 6.07) is 11.5. The first-order valence-corrected chi connectivity index (χ1v) is 13.5. The summed E-state index contributed by atoms with van der Waals surface area (Å²) in [5.41, 5.74) is 1.05. The molecule has 1 unspecified atom stereocenters. The molecule has 11 heteroatoms. The van der Waals surface area contributed by atoms with Crippen LogP contribution in [-0.4, -0.2) is 87.4 Å². The molecule has 2 aromatic carbocycles. The highest BCUT2D eigenvalue weighted by Crippen LogP contribution is 2.17. The monoisotopic (exact) mass is 574 g/mol. The van der Waals surface area contributed by atoms with Crippen molar-refractivity contribution in [3.63, 3.8) is 0 Å². The van der Waals surface area contributed by atoms with E-state index in [1.807, 2.05) is 0 Å². The van der Waals surface area contributed by atoms with Gasteiger partial charge in [0.25, 0.3) is 0 Å². The van der Waals surface area contributed by atoms with E-state index < -0.39 is 23.9 Å². The van der Waals surface area contributed by atoms with Crippen LogP contribution < -0.4 is 0 Å². The molecular formula is C30H38O11. The van der Waals surface area contributed by atoms with Crippen LogP contribution in [0.4, 0.5) is 0 Å². The number of hydrogen-bond donors (Lipinski definition) is 2. The predicted octanol–water partition coefficient (Wildman–Crippen LogP) is 3.78. The lowest BCUT2D eigenvalue weighted by Crippen LogP contribution is -2.13. The fourth-order valence-corrected chi connectivity index (χ4v) is 3.93. The Morgan fingerprint density at radius 1 is 0.610 bits per heavy atom. The number of esters is 3. The van der Waals surface area contributed by atoms with Crippen LogP contribution >= 0.6 is 0 Å². The van der Waals surface area contributed by atoms with Crippen LogP contribution in [0, 0.1) is 5.92 Å². The van der Waals surface area contributed by atoms with Gasteiger partial charge in [0, 0.05) is 19.8 Å². The van der Waals surface area contributed by atoms with Crippen LogP contribution in [0.3, 0.4) is 0 Å². The minimum Gasteiger partial charge on any atom is -0.478 e. The van der Waals surface area contributed by atoms with Crippen molar-refractivity contribution in [2.24, 2.45) is 5.92 Å². The normalized spacial score (nSPS) is 11.5. The number of carboxylic acid groups (broad SMARTS) is 1. The van der Waals surface area contributed by atoms with Gasteiger partial charge in [0.05, 0.1) is 42.6 Å². The Kier molecular flexibility index (Phi) is 15.7. The molecule has 41 heavy (non-hydrogen) atoms. The van der Waals surface area contributed by atoms with Crippen LogP contribution in [-0.2, 0) is 23.7 Å². The number of aliphatic hydroxyl groups excluding tert-OH is 1. The Morgan fingerprint density at radius 2 is 1.02 bits per heavy atom. The Hall–Kier alpha value is -3.80. The van der Waals surface area contributed by atoms with Crippen molar-refractivity contribution < 1.29 is 53.1 Å². The second-order valence-electron chi connectivity index (χ2n) is 9.11. The van der Waals surface area contributed by atoms with Crippen LogP contribution in [0.1, 0.15) is 73.5 Å². The van der Waals surface area contributed by atoms with E-state index in [0.717, 1.165) is 25.7 Å². The van der Waals surface area contributed by atoms with Crippen molar-refractivity contribution in [3.05, 3.63) is 70.8 Å². The van der Waals surface area contributed by atoms with Gasteiger partial charge in [-0.05, 0) is 86.6 Å². The number of carboxylic acids is 1. The average Bonchev–Trinajstić information content (AvgIpc) is 2.99. The largest absolute Gasteiger partial charge is 0.478 e. The number of methoxy groups -OCH3 is 1. The lowest BCUT2D eigenvalue weighted by molar-refractivity contribution is 0.0299. The van der Waals surface area contributed by atoms with Crippen LogP contribution in [0.5, 0.6) is 0 Å². The predicted molar refractivity (Wildman–Crippen MR) is 147 cm³/mol. The van der Waals surface area contributed by atoms with Crippen molar-refractivity contribution in [1.82, 2.24) is 0 Å². The first kappa shape index (κ1) is 33.4. The Bertz CT molecular complexity index is 1080. The molecule has 0 aliphatic rings. The second kappa shape index (κ2) is 19.3. The van der Waals surface area contributed by atoms with Crippen molar-refractivity contribution in [2.75, 3.05) is 53.4 Å². The minimum absolute atomic E-state index is 0.0912. The van der Waals surface area contributed by atoms with Gasteiger partial charge in [-0.15, -0.1) is 0 Å². The third-order valence-corrected chi connectivity index (χ3v) is 6.17. The Morgan fingerprint density at radius 3 is 1.41 bits per heavy atom. The highest BCUT2D eigenvalue weighted by molar-refractivity contribution is 5.93. The van der Waals surface area contributed by atoms with E-state index in [1.54, 1.807) is 0 Å². The zero-order valence-electron chi connectivity index (χ0n) is 23.3. The third kappa shape index (κ3) is 12.9. The number of aromatic carboxylic acids is 1. The van der Waals surface area contributed by atoms with Crippen molar-refractivity contribution in [3.8, 4) is 0 Å². The topological polar surface area (TPSA) is 155 Å². The van der Waals surface area contributed by atoms with Gasteiger partial charge in [0.15, 0.2) is 0 Å². The summed E-state index contributed by atoms with van der Waals surface area (Å²) in [5.74, 6) is -2.26. The maximum absolute atomic E-state index is 12.1. The van der Waals surface area contributed by atoms with Crippen molar-refractivity contribution in [2.45, 2.75) is 32.1 Å². The lowest BCUT2D eigenvalue weighted by atomic mass is 9.95. The smallest absolute Gasteiger partial charge is 0.338 e. The molecule has 0 fully saturated rings. The summed E-state index contributed by atoms with van der Waals surface area (Å²) in [5, 5.41) is 18.3. The maximum Gasteiger partial charge on any atom is 0.338 e. The van der Waals surface area contributed by atoms with E-state index in [4.69, 9.17) is 24.1 Å². The highest BCUT2D eigenvalue weighted by atomic mass is 16.6. The van der Waals surface area contributed by atoms with Gasteiger partial charge in [-0.2, -0.15) is 0 Å². The number of carbonyl (C=O) groups excluding carboxylic acids is 3. The number of aliphatic hydroxyl groups is 1. The van der Waals surface area contributed by atoms with E-state index in [2.05, 4.69) is 4.74 Å². The standard InChI is InChI=1S/C30H38O11/c1-37-28(34)24-10-12-26(13-11-24)30(36)41-21-19-39-17-3-5-22(14-15-31)4-2-16-38-18-20-40-29(35)25-8-6-23(7-9-25)27(32)33/h6-13,22,31H,2-5,14-21H2,1H3,(H,32,33). The van der Waals surface area contributed by atoms with E-state index >= 15 is 0 Å². The molecule has 0 amide bonds. The van der Waals surface area contributed by atoms with Crippen LogP contribution in [0.25, 0.3) is 0 Å². The first-order chi connectivity index (χ1) is 19.8. The average molecular weight is 575 g/mol. The zero-order chi connectivity index (χ0) is 29.9. The maximum atomic E-state index is 12.1. The molecule has 0 aliphatic carbocycles. The van der Waals surface area contributed by atoms with E-state index in [-0.39, 0.29) is 44.2 Å². The molecular weight excluding hydrogens is 536 g/mol. The molecule has 2 rings (SSSR count). The molecule has 0 saturated heterocycles. The summed E-state index contributed by atoms with van der Waals surface area (Å²) in [7, 11) is 1.29. The highest BCUT2D eigenvalue weighted by Gasteiger charge is 2.12. The van der Waals surface area contributed by atoms with Gasteiger partial charge in [0.1, 0.15) is 13.2 Å². The number of rotatable bonds is 20. The number of hydrogen-bond acceptors (Lipinski definition) is 10. The third-order valence-electron chi connectivity index (χ3n) is 6.17. The molecule has 2 aromatic rings. The fraction of sp³-hybridized carbons (Fsp3) is 0.467. The molecule has 224 valence electrons. The molecule has 0 aliphatic heterocycles. The van der Waals surface area contributed by atoms with Gasteiger partial charge in [-0.25, -0.2) is 19.2 Å². The molecule has 0 heterocycles. The quantitative estimate of drug-likeness (QED) is 0.135. The SMILES string of the molecule is COC(=O)c1ccc(C(=O)OCCOCCCC(CCO)CCCOCCOC(=O)c2ccc(C(=O)O)cc2)cc1. The van der Waals surface area contributed by atoms with Gasteiger partial charge in [-0.1, -0.05) is 0 Å². The zero-order valence-corrected chi connectivity index (χ0v) is 23.3. The van der Waals surface area contributed by atoms with Gasteiger partial charge in [0.2, 0.25) is 0 Å². The van der Waals surface area contributed by atoms with Gasteiger partial charge >= 0.3 is 23.9 Å². The summed E-state index contributed by atoms with van der Waals surface area (Å²) in [6.45, 7) is 1.83. The lowest BCUT2D eigenvalue weighted by Gasteiger charge is -2.16. The molecule has 11 nitrogen and oxygen atoms in total. The van der Waals surface area contributed by atoms with Gasteiger partial charge in [-0.3, -0.25) is 0 Å². The first-order valence-electron chi connectivity index (χ1n) is 13.5. The Balaban J connectivity index is 1.50. The number of carbonyl (C=O) groups is 4. The fourth-order valence-electron chi connectivity index (χ4n) is 3.93. The van der Waals surface area contributed by atoms with E-state index in [1.165, 1.54) is 55.6 Å². The van der Waals surface area contributed by atoms with E-state index in [0.29, 0.717) is 36.7 Å². The molecule has 0 spiro atoms. The molecule has 0 aromatic heterocycles. The minimum atomic E-state index is -1.06. The molecule has 1 atom stereocenters. The summed E-state index contributed by atoms with van der Waals surface area (Å²) < 4.78 is 26.0. The van der Waals surface area contributed by atoms with Gasteiger partial charge < -0.3 is 33.9 Å². The summed E-state index contributed by atoms with van der Waals surface area (Å²) in [4.78, 5) is 46.4. The number of ether oxygens (including phenoxy) is 5. The van der Waals surface area contributed by atoms with Crippen LogP contribution in [0.2, 0.25) is 0 Å². The molecule has 0 radical (unpaired) electrons. The molecule has 0 bridgehead atoms.